The van der Waals surface area contributed by atoms with Gasteiger partial charge in [-0.1, -0.05) is 18.2 Å². The number of hydrogen-bond acceptors (Lipinski definition) is 4. The van der Waals surface area contributed by atoms with E-state index in [9.17, 15) is 9.59 Å². The van der Waals surface area contributed by atoms with Crippen molar-refractivity contribution in [2.24, 2.45) is 7.05 Å². The number of likely N-dealkylation sites (tertiary alicyclic amines) is 1. The van der Waals surface area contributed by atoms with Crippen LogP contribution in [0, 0.1) is 6.92 Å². The maximum absolute atomic E-state index is 12.6. The Hall–Kier alpha value is -3.19. The second-order valence-electron chi connectivity index (χ2n) is 7.80. The molecule has 1 aromatic carbocycles. The molecule has 0 bridgehead atoms. The Kier molecular flexibility index (Phi) is 5.81. The van der Waals surface area contributed by atoms with E-state index in [0.29, 0.717) is 12.2 Å². The van der Waals surface area contributed by atoms with Gasteiger partial charge in [-0.3, -0.25) is 19.5 Å². The summed E-state index contributed by atoms with van der Waals surface area (Å²) in [5.41, 5.74) is 3.29. The van der Waals surface area contributed by atoms with Gasteiger partial charge in [0.1, 0.15) is 0 Å². The van der Waals surface area contributed by atoms with Gasteiger partial charge in [0.15, 0.2) is 0 Å². The van der Waals surface area contributed by atoms with Crippen molar-refractivity contribution < 1.29 is 9.59 Å². The normalized spacial score (nSPS) is 15.3. The second kappa shape index (κ2) is 8.67. The van der Waals surface area contributed by atoms with Crippen molar-refractivity contribution in [3.8, 4) is 0 Å². The van der Waals surface area contributed by atoms with Crippen molar-refractivity contribution in [2.75, 3.05) is 25.0 Å². The van der Waals surface area contributed by atoms with E-state index < -0.39 is 11.8 Å². The molecule has 0 aliphatic carbocycles. The van der Waals surface area contributed by atoms with E-state index in [1.165, 1.54) is 0 Å². The number of nitrogens with one attached hydrogen (secondary N) is 2. The molecule has 2 N–H and O–H groups in total. The van der Waals surface area contributed by atoms with E-state index in [-0.39, 0.29) is 6.04 Å². The van der Waals surface area contributed by atoms with Gasteiger partial charge in [0.2, 0.25) is 0 Å². The second-order valence-corrected chi connectivity index (χ2v) is 7.80. The van der Waals surface area contributed by atoms with Crippen LogP contribution in [-0.2, 0) is 16.6 Å². The third kappa shape index (κ3) is 4.21. The van der Waals surface area contributed by atoms with Crippen molar-refractivity contribution in [1.29, 1.82) is 0 Å². The number of carbonyl (C=O) groups is 2. The van der Waals surface area contributed by atoms with Gasteiger partial charge in [-0.25, -0.2) is 0 Å². The Bertz CT molecular complexity index is 1070. The molecule has 0 saturated carbocycles. The molecular formula is C23H27N5O2. The minimum atomic E-state index is -0.669. The number of hydrogen-bond donors (Lipinski definition) is 2. The number of aryl methyl sites for hydroxylation is 2. The van der Waals surface area contributed by atoms with Crippen LogP contribution in [0.1, 0.15) is 30.3 Å². The smallest absolute Gasteiger partial charge is 0.313 e. The lowest BCUT2D eigenvalue weighted by Gasteiger charge is -2.28. The van der Waals surface area contributed by atoms with Gasteiger partial charge in [-0.15, -0.1) is 0 Å². The Labute approximate surface area is 176 Å². The van der Waals surface area contributed by atoms with Crippen LogP contribution in [-0.4, -0.2) is 45.9 Å². The number of benzene rings is 1. The lowest BCUT2D eigenvalue weighted by molar-refractivity contribution is -0.136. The van der Waals surface area contributed by atoms with E-state index in [1.54, 1.807) is 6.07 Å². The first-order valence-corrected chi connectivity index (χ1v) is 10.3. The van der Waals surface area contributed by atoms with Crippen LogP contribution in [0.3, 0.4) is 0 Å². The average Bonchev–Trinajstić information content (AvgIpc) is 3.40. The monoisotopic (exact) mass is 405 g/mol. The molecular weight excluding hydrogens is 378 g/mol. The zero-order valence-electron chi connectivity index (χ0n) is 17.4. The average molecular weight is 406 g/mol. The lowest BCUT2D eigenvalue weighted by Crippen LogP contribution is -2.41. The fourth-order valence-electron chi connectivity index (χ4n) is 4.15. The van der Waals surface area contributed by atoms with Gasteiger partial charge in [0.25, 0.3) is 0 Å². The minimum absolute atomic E-state index is 0.0493. The van der Waals surface area contributed by atoms with Gasteiger partial charge < -0.3 is 15.2 Å². The summed E-state index contributed by atoms with van der Waals surface area (Å²) < 4.78 is 2.07. The number of anilines is 1. The van der Waals surface area contributed by atoms with Crippen LogP contribution in [0.15, 0.2) is 48.7 Å². The molecule has 1 atom stereocenters. The molecule has 3 aromatic rings. The maximum Gasteiger partial charge on any atom is 0.313 e. The SMILES string of the molecule is Cc1cc(NC(=O)C(=O)NCC(c2cccn2C)N2CCCC2)c2ccccc2n1. The summed E-state index contributed by atoms with van der Waals surface area (Å²) in [5.74, 6) is -1.30. The van der Waals surface area contributed by atoms with E-state index in [1.807, 2.05) is 50.5 Å². The zero-order chi connectivity index (χ0) is 21.1. The molecule has 7 heteroatoms. The number of nitrogens with zero attached hydrogens (tertiary/aromatic N) is 3. The highest BCUT2D eigenvalue weighted by molar-refractivity contribution is 6.40. The quantitative estimate of drug-likeness (QED) is 0.640. The topological polar surface area (TPSA) is 79.3 Å². The van der Waals surface area contributed by atoms with Gasteiger partial charge in [0, 0.05) is 36.6 Å². The first-order chi connectivity index (χ1) is 14.5. The molecule has 1 saturated heterocycles. The summed E-state index contributed by atoms with van der Waals surface area (Å²) in [5, 5.41) is 6.40. The van der Waals surface area contributed by atoms with E-state index in [0.717, 1.165) is 48.2 Å². The fraction of sp³-hybridized carbons (Fsp3) is 0.348. The van der Waals surface area contributed by atoms with Gasteiger partial charge >= 0.3 is 11.8 Å². The molecule has 1 aliphatic rings. The molecule has 2 amide bonds. The summed E-state index contributed by atoms with van der Waals surface area (Å²) in [4.78, 5) is 32.0. The zero-order valence-corrected chi connectivity index (χ0v) is 17.4. The maximum atomic E-state index is 12.6. The molecule has 30 heavy (non-hydrogen) atoms. The largest absolute Gasteiger partial charge is 0.353 e. The highest BCUT2D eigenvalue weighted by Crippen LogP contribution is 2.25. The molecule has 1 aliphatic heterocycles. The minimum Gasteiger partial charge on any atom is -0.353 e. The standard InChI is InChI=1S/C23H27N5O2/c1-16-14-19(17-8-3-4-9-18(17)25-16)26-23(30)22(29)24-15-21(28-12-5-6-13-28)20-10-7-11-27(20)2/h3-4,7-11,14,21H,5-6,12-13,15H2,1-2H3,(H,24,29)(H,25,26,30). The predicted octanol–water partition coefficient (Wildman–Crippen LogP) is 2.77. The van der Waals surface area contributed by atoms with Crippen molar-refractivity contribution in [2.45, 2.75) is 25.8 Å². The van der Waals surface area contributed by atoms with Gasteiger partial charge in [0.05, 0.1) is 17.2 Å². The molecule has 3 heterocycles. The molecule has 4 rings (SSSR count). The Morgan fingerprint density at radius 2 is 1.87 bits per heavy atom. The number of rotatable bonds is 5. The predicted molar refractivity (Wildman–Crippen MR) is 117 cm³/mol. The van der Waals surface area contributed by atoms with Crippen LogP contribution >= 0.6 is 0 Å². The first kappa shape index (κ1) is 20.1. The molecule has 1 unspecified atom stereocenters. The molecule has 0 spiro atoms. The fourth-order valence-corrected chi connectivity index (χ4v) is 4.15. The summed E-state index contributed by atoms with van der Waals surface area (Å²) >= 11 is 0. The van der Waals surface area contributed by atoms with Crippen LogP contribution in [0.5, 0.6) is 0 Å². The first-order valence-electron chi connectivity index (χ1n) is 10.3. The van der Waals surface area contributed by atoms with Crippen molar-refractivity contribution in [3.05, 3.63) is 60.0 Å². The Morgan fingerprint density at radius 3 is 2.60 bits per heavy atom. The molecule has 7 nitrogen and oxygen atoms in total. The Morgan fingerprint density at radius 1 is 1.10 bits per heavy atom. The Balaban J connectivity index is 1.46. The van der Waals surface area contributed by atoms with Crippen LogP contribution < -0.4 is 10.6 Å². The van der Waals surface area contributed by atoms with Gasteiger partial charge in [-0.2, -0.15) is 0 Å². The summed E-state index contributed by atoms with van der Waals surface area (Å²) in [6.45, 7) is 4.25. The summed E-state index contributed by atoms with van der Waals surface area (Å²) in [7, 11) is 2.00. The number of amides is 2. The molecule has 0 radical (unpaired) electrons. The van der Waals surface area contributed by atoms with Crippen molar-refractivity contribution >= 4 is 28.4 Å². The van der Waals surface area contributed by atoms with Crippen molar-refractivity contribution in [3.63, 3.8) is 0 Å². The summed E-state index contributed by atoms with van der Waals surface area (Å²) in [6, 6.07) is 13.5. The highest BCUT2D eigenvalue weighted by atomic mass is 16.2. The molecule has 156 valence electrons. The lowest BCUT2D eigenvalue weighted by atomic mass is 10.1. The van der Waals surface area contributed by atoms with Crippen LogP contribution in [0.4, 0.5) is 5.69 Å². The highest BCUT2D eigenvalue weighted by Gasteiger charge is 2.26. The van der Waals surface area contributed by atoms with Crippen LogP contribution in [0.25, 0.3) is 10.9 Å². The third-order valence-corrected chi connectivity index (χ3v) is 5.66. The molecule has 2 aromatic heterocycles. The molecule has 1 fully saturated rings. The van der Waals surface area contributed by atoms with E-state index in [4.69, 9.17) is 0 Å². The number of aromatic nitrogens is 2. The van der Waals surface area contributed by atoms with E-state index in [2.05, 4.69) is 31.2 Å². The number of pyridine rings is 1. The summed E-state index contributed by atoms with van der Waals surface area (Å²) in [6.07, 6.45) is 4.32. The van der Waals surface area contributed by atoms with Crippen molar-refractivity contribution in [1.82, 2.24) is 19.8 Å². The number of carbonyl (C=O) groups excluding carboxylic acids is 2. The van der Waals surface area contributed by atoms with Gasteiger partial charge in [-0.05, 0) is 57.1 Å². The van der Waals surface area contributed by atoms with E-state index >= 15 is 0 Å². The third-order valence-electron chi connectivity index (χ3n) is 5.66. The van der Waals surface area contributed by atoms with Crippen LogP contribution in [0.2, 0.25) is 0 Å². The number of para-hydroxylation sites is 1. The number of fused-ring (bicyclic) bond motifs is 1.